The topological polar surface area (TPSA) is 66.8 Å². The van der Waals surface area contributed by atoms with Crippen molar-refractivity contribution in [2.45, 2.75) is 32.2 Å². The molecular formula is C23H22N5O+. The zero-order valence-corrected chi connectivity index (χ0v) is 16.2. The molecule has 0 aliphatic carbocycles. The maximum Gasteiger partial charge on any atom is 0.262 e. The maximum absolute atomic E-state index is 8.62. The molecule has 4 rings (SSSR count). The van der Waals surface area contributed by atoms with Gasteiger partial charge < -0.3 is 4.74 Å². The van der Waals surface area contributed by atoms with E-state index in [4.69, 9.17) is 16.7 Å². The molecule has 0 spiro atoms. The Hall–Kier alpha value is -3.68. The first-order valence-electron chi connectivity index (χ1n) is 9.76. The van der Waals surface area contributed by atoms with Crippen LogP contribution >= 0.6 is 0 Å². The summed E-state index contributed by atoms with van der Waals surface area (Å²) in [4.78, 5) is 2.86. The van der Waals surface area contributed by atoms with E-state index in [-0.39, 0.29) is 6.61 Å². The number of terminal acetylenes is 1. The average molecular weight is 384 g/mol. The van der Waals surface area contributed by atoms with Crippen molar-refractivity contribution in [3.8, 4) is 35.0 Å². The summed E-state index contributed by atoms with van der Waals surface area (Å²) in [7, 11) is 0. The summed E-state index contributed by atoms with van der Waals surface area (Å²) in [5.74, 6) is 4.56. The highest BCUT2D eigenvalue weighted by Gasteiger charge is 2.26. The van der Waals surface area contributed by atoms with E-state index in [9.17, 15) is 0 Å². The van der Waals surface area contributed by atoms with Crippen LogP contribution in [0.25, 0.3) is 27.4 Å². The van der Waals surface area contributed by atoms with Gasteiger partial charge >= 0.3 is 0 Å². The second-order valence-corrected chi connectivity index (χ2v) is 6.99. The summed E-state index contributed by atoms with van der Waals surface area (Å²) >= 11 is 0. The number of benzene rings is 2. The fraction of sp³-hybridized carbons (Fsp3) is 0.261. The highest BCUT2D eigenvalue weighted by Crippen LogP contribution is 2.26. The molecule has 1 aromatic heterocycles. The zero-order valence-electron chi connectivity index (χ0n) is 16.2. The van der Waals surface area contributed by atoms with Gasteiger partial charge in [0.1, 0.15) is 24.2 Å². The van der Waals surface area contributed by atoms with Crippen LogP contribution in [-0.2, 0) is 13.0 Å². The third-order valence-electron chi connectivity index (χ3n) is 5.17. The quantitative estimate of drug-likeness (QED) is 0.198. The van der Waals surface area contributed by atoms with Crippen molar-refractivity contribution in [1.82, 2.24) is 4.57 Å². The van der Waals surface area contributed by atoms with Crippen LogP contribution in [0.4, 0.5) is 5.69 Å². The van der Waals surface area contributed by atoms with Crippen LogP contribution in [0.1, 0.15) is 25.1 Å². The van der Waals surface area contributed by atoms with Crippen LogP contribution < -0.4 is 9.30 Å². The molecule has 1 aliphatic rings. The van der Waals surface area contributed by atoms with Crippen molar-refractivity contribution in [1.29, 1.82) is 0 Å². The van der Waals surface area contributed by atoms with E-state index in [1.165, 1.54) is 30.8 Å². The molecule has 1 aliphatic heterocycles. The molecule has 0 bridgehead atoms. The summed E-state index contributed by atoms with van der Waals surface area (Å²) < 4.78 is 10.2. The highest BCUT2D eigenvalue weighted by atomic mass is 16.5. The van der Waals surface area contributed by atoms with Crippen molar-refractivity contribution >= 4 is 5.69 Å². The second kappa shape index (κ2) is 8.55. The molecule has 0 unspecified atom stereocenters. The Labute approximate surface area is 170 Å². The molecule has 0 atom stereocenters. The van der Waals surface area contributed by atoms with Gasteiger partial charge in [0.25, 0.3) is 5.82 Å². The summed E-state index contributed by atoms with van der Waals surface area (Å²) in [5, 5.41) is 3.67. The lowest BCUT2D eigenvalue weighted by atomic mass is 10.1. The number of hydrogen-bond acceptors (Lipinski definition) is 2. The zero-order chi connectivity index (χ0) is 20.1. The number of nitrogens with zero attached hydrogens (tertiary/aromatic N) is 5. The lowest BCUT2D eigenvalue weighted by molar-refractivity contribution is -0.692. The summed E-state index contributed by atoms with van der Waals surface area (Å²) in [5.41, 5.74) is 12.6. The molecule has 2 heterocycles. The molecule has 3 aromatic rings. The first-order valence-corrected chi connectivity index (χ1v) is 9.76. The Morgan fingerprint density at radius 3 is 2.62 bits per heavy atom. The molecule has 2 aromatic carbocycles. The SMILES string of the molecule is C#CCOc1ccc(-n2cc(-c3ccc(N=[N+]=[N-])cc3)[n+]3c2CCCCC3)cc1. The fourth-order valence-corrected chi connectivity index (χ4v) is 3.80. The van der Waals surface area contributed by atoms with E-state index >= 15 is 0 Å². The molecule has 0 amide bonds. The van der Waals surface area contributed by atoms with Gasteiger partial charge in [-0.15, -0.1) is 6.42 Å². The van der Waals surface area contributed by atoms with Gasteiger partial charge in [-0.25, -0.2) is 4.57 Å². The number of fused-ring (bicyclic) bond motifs is 1. The molecule has 144 valence electrons. The monoisotopic (exact) mass is 384 g/mol. The van der Waals surface area contributed by atoms with Crippen molar-refractivity contribution in [3.63, 3.8) is 0 Å². The van der Waals surface area contributed by atoms with Gasteiger partial charge in [0.2, 0.25) is 0 Å². The van der Waals surface area contributed by atoms with Crippen molar-refractivity contribution in [2.24, 2.45) is 5.11 Å². The van der Waals surface area contributed by atoms with Crippen LogP contribution in [0.5, 0.6) is 5.75 Å². The van der Waals surface area contributed by atoms with E-state index in [1.54, 1.807) is 0 Å². The number of imidazole rings is 1. The number of rotatable bonds is 5. The fourth-order valence-electron chi connectivity index (χ4n) is 3.80. The lowest BCUT2D eigenvalue weighted by Crippen LogP contribution is -2.38. The van der Waals surface area contributed by atoms with E-state index in [1.807, 2.05) is 36.4 Å². The normalized spacial score (nSPS) is 12.9. The van der Waals surface area contributed by atoms with Crippen LogP contribution in [0.2, 0.25) is 0 Å². The minimum Gasteiger partial charge on any atom is -0.481 e. The number of aromatic nitrogens is 2. The van der Waals surface area contributed by atoms with Crippen molar-refractivity contribution < 1.29 is 9.30 Å². The van der Waals surface area contributed by atoms with Crippen molar-refractivity contribution in [3.05, 3.63) is 71.0 Å². The third kappa shape index (κ3) is 3.96. The Morgan fingerprint density at radius 1 is 1.10 bits per heavy atom. The van der Waals surface area contributed by atoms with Gasteiger partial charge in [0.15, 0.2) is 5.69 Å². The second-order valence-electron chi connectivity index (χ2n) is 6.99. The predicted molar refractivity (Wildman–Crippen MR) is 112 cm³/mol. The first kappa shape index (κ1) is 18.7. The summed E-state index contributed by atoms with van der Waals surface area (Å²) in [6.07, 6.45) is 12.1. The molecular weight excluding hydrogens is 362 g/mol. The van der Waals surface area contributed by atoms with E-state index in [0.717, 1.165) is 30.0 Å². The Morgan fingerprint density at radius 2 is 1.90 bits per heavy atom. The largest absolute Gasteiger partial charge is 0.481 e. The minimum atomic E-state index is 0.268. The van der Waals surface area contributed by atoms with Crippen LogP contribution in [0.15, 0.2) is 59.8 Å². The molecule has 0 radical (unpaired) electrons. The predicted octanol–water partition coefficient (Wildman–Crippen LogP) is 5.11. The average Bonchev–Trinajstić information content (AvgIpc) is 2.94. The molecule has 29 heavy (non-hydrogen) atoms. The minimum absolute atomic E-state index is 0.268. The summed E-state index contributed by atoms with van der Waals surface area (Å²) in [6, 6.07) is 15.8. The van der Waals surface area contributed by atoms with Gasteiger partial charge in [0, 0.05) is 22.6 Å². The Bertz CT molecular complexity index is 1080. The molecule has 6 nitrogen and oxygen atoms in total. The van der Waals surface area contributed by atoms with E-state index < -0.39 is 0 Å². The lowest BCUT2D eigenvalue weighted by Gasteiger charge is -2.04. The molecule has 0 fully saturated rings. The number of ether oxygens (including phenoxy) is 1. The van der Waals surface area contributed by atoms with Gasteiger partial charge in [-0.2, -0.15) is 4.57 Å². The Kier molecular flexibility index (Phi) is 5.51. The van der Waals surface area contributed by atoms with E-state index in [0.29, 0.717) is 5.69 Å². The first-order chi connectivity index (χ1) is 14.3. The van der Waals surface area contributed by atoms with Crippen LogP contribution in [0, 0.1) is 12.3 Å². The molecule has 0 N–H and O–H groups in total. The van der Waals surface area contributed by atoms with Gasteiger partial charge in [-0.1, -0.05) is 35.3 Å². The number of hydrogen-bond donors (Lipinski definition) is 0. The van der Waals surface area contributed by atoms with Crippen LogP contribution in [0.3, 0.4) is 0 Å². The van der Waals surface area contributed by atoms with Gasteiger partial charge in [-0.05, 0) is 49.1 Å². The van der Waals surface area contributed by atoms with Crippen LogP contribution in [-0.4, -0.2) is 11.2 Å². The molecule has 6 heteroatoms. The van der Waals surface area contributed by atoms with Gasteiger partial charge in [-0.3, -0.25) is 0 Å². The standard InChI is InChI=1S/C23H22N5O/c1-2-16-29-21-13-11-20(12-14-21)28-17-22(27-15-5-3-4-6-23(27)28)18-7-9-19(10-8-18)25-26-24/h1,7-14,17H,3-6,15-16H2/q+1. The van der Waals surface area contributed by atoms with E-state index in [2.05, 4.69) is 43.4 Å². The molecule has 0 saturated carbocycles. The third-order valence-corrected chi connectivity index (χ3v) is 5.17. The smallest absolute Gasteiger partial charge is 0.262 e. The van der Waals surface area contributed by atoms with Gasteiger partial charge in [0.05, 0.1) is 6.54 Å². The molecule has 0 saturated heterocycles. The van der Waals surface area contributed by atoms with Crippen molar-refractivity contribution in [2.75, 3.05) is 6.61 Å². The number of azide groups is 1. The summed E-state index contributed by atoms with van der Waals surface area (Å²) in [6.45, 7) is 1.27. The highest BCUT2D eigenvalue weighted by molar-refractivity contribution is 5.59. The maximum atomic E-state index is 8.62. The Balaban J connectivity index is 1.75.